The third-order valence-corrected chi connectivity index (χ3v) is 6.48. The summed E-state index contributed by atoms with van der Waals surface area (Å²) >= 11 is 0. The van der Waals surface area contributed by atoms with Crippen LogP contribution in [-0.4, -0.2) is 11.6 Å². The third-order valence-electron chi connectivity index (χ3n) is 6.48. The molecule has 134 valence electrons. The molecule has 0 radical (unpaired) electrons. The molecule has 2 saturated carbocycles. The van der Waals surface area contributed by atoms with Crippen molar-refractivity contribution in [2.75, 3.05) is 0 Å². The average Bonchev–Trinajstić information content (AvgIpc) is 2.73. The van der Waals surface area contributed by atoms with Crippen molar-refractivity contribution in [3.8, 4) is 0 Å². The van der Waals surface area contributed by atoms with Crippen molar-refractivity contribution < 1.29 is 9.59 Å². The summed E-state index contributed by atoms with van der Waals surface area (Å²) in [7, 11) is 0. The number of ketones is 2. The third kappa shape index (κ3) is 3.25. The number of hydrogen-bond acceptors (Lipinski definition) is 2. The minimum Gasteiger partial charge on any atom is -0.294 e. The maximum Gasteiger partial charge on any atom is 0.166 e. The van der Waals surface area contributed by atoms with Crippen LogP contribution in [0.3, 0.4) is 0 Å². The zero-order chi connectivity index (χ0) is 17.9. The molecule has 0 saturated heterocycles. The van der Waals surface area contributed by atoms with Crippen LogP contribution < -0.4 is 0 Å². The Morgan fingerprint density at radius 2 is 0.962 bits per heavy atom. The fourth-order valence-corrected chi connectivity index (χ4v) is 5.29. The average molecular weight is 346 g/mol. The lowest BCUT2D eigenvalue weighted by molar-refractivity contribution is 0.0395. The number of rotatable bonds is 4. The molecule has 0 aromatic heterocycles. The second-order valence-electron chi connectivity index (χ2n) is 7.86. The molecule has 0 heterocycles. The van der Waals surface area contributed by atoms with Crippen molar-refractivity contribution in [2.45, 2.75) is 38.5 Å². The molecule has 0 aliphatic heterocycles. The van der Waals surface area contributed by atoms with Gasteiger partial charge in [-0.25, -0.2) is 0 Å². The van der Waals surface area contributed by atoms with Gasteiger partial charge in [-0.15, -0.1) is 0 Å². The standard InChI is InChI=1S/C24H26O2/c25-23(17-9-3-1-4-10-17)21-15-7-14-20-19(21)13-8-16-22(20)24(26)18-11-5-2-6-12-18/h1-6,9-12,19-22H,7-8,13-16H2. The zero-order valence-corrected chi connectivity index (χ0v) is 15.1. The molecule has 2 aromatic carbocycles. The summed E-state index contributed by atoms with van der Waals surface area (Å²) in [5, 5.41) is 0. The Kier molecular flexibility index (Phi) is 5.01. The van der Waals surface area contributed by atoms with Gasteiger partial charge in [-0.3, -0.25) is 9.59 Å². The number of Topliss-reactive ketones (excluding diaryl/α,β-unsaturated/α-hetero) is 2. The van der Waals surface area contributed by atoms with Crippen LogP contribution in [0.1, 0.15) is 59.2 Å². The lowest BCUT2D eigenvalue weighted by Gasteiger charge is -2.44. The lowest BCUT2D eigenvalue weighted by Crippen LogP contribution is -2.42. The molecule has 2 aliphatic carbocycles. The van der Waals surface area contributed by atoms with E-state index in [1.807, 2.05) is 60.7 Å². The van der Waals surface area contributed by atoms with E-state index < -0.39 is 0 Å². The van der Waals surface area contributed by atoms with Crippen molar-refractivity contribution in [2.24, 2.45) is 23.7 Å². The van der Waals surface area contributed by atoms with Gasteiger partial charge in [-0.2, -0.15) is 0 Å². The Labute approximate surface area is 155 Å². The second kappa shape index (κ2) is 7.57. The van der Waals surface area contributed by atoms with E-state index in [4.69, 9.17) is 0 Å². The first-order chi connectivity index (χ1) is 12.8. The van der Waals surface area contributed by atoms with Crippen LogP contribution in [0.2, 0.25) is 0 Å². The van der Waals surface area contributed by atoms with E-state index in [2.05, 4.69) is 0 Å². The highest BCUT2D eigenvalue weighted by molar-refractivity contribution is 5.99. The van der Waals surface area contributed by atoms with E-state index in [0.29, 0.717) is 11.8 Å². The van der Waals surface area contributed by atoms with Crippen LogP contribution in [0, 0.1) is 23.7 Å². The molecule has 2 nitrogen and oxygen atoms in total. The fraction of sp³-hybridized carbons (Fsp3) is 0.417. The monoisotopic (exact) mass is 346 g/mol. The van der Waals surface area contributed by atoms with Gasteiger partial charge in [-0.05, 0) is 37.5 Å². The minimum atomic E-state index is 0.0857. The summed E-state index contributed by atoms with van der Waals surface area (Å²) < 4.78 is 0. The van der Waals surface area contributed by atoms with Gasteiger partial charge in [0.1, 0.15) is 0 Å². The fourth-order valence-electron chi connectivity index (χ4n) is 5.29. The number of benzene rings is 2. The first-order valence-electron chi connectivity index (χ1n) is 9.94. The van der Waals surface area contributed by atoms with Gasteiger partial charge in [0, 0.05) is 23.0 Å². The Morgan fingerprint density at radius 1 is 0.577 bits per heavy atom. The molecule has 0 spiro atoms. The molecule has 0 bridgehead atoms. The SMILES string of the molecule is O=C(c1ccccc1)C1CCCC2C(C(=O)c3ccccc3)CCCC12. The van der Waals surface area contributed by atoms with Crippen LogP contribution in [0.4, 0.5) is 0 Å². The van der Waals surface area contributed by atoms with E-state index in [1.165, 1.54) is 0 Å². The molecule has 2 aliphatic rings. The normalized spacial score (nSPS) is 28.2. The highest BCUT2D eigenvalue weighted by Crippen LogP contribution is 2.48. The van der Waals surface area contributed by atoms with Crippen molar-refractivity contribution in [1.29, 1.82) is 0 Å². The Bertz CT molecular complexity index is 698. The molecule has 4 unspecified atom stereocenters. The first-order valence-corrected chi connectivity index (χ1v) is 9.94. The highest BCUT2D eigenvalue weighted by atomic mass is 16.1. The van der Waals surface area contributed by atoms with Gasteiger partial charge in [0.2, 0.25) is 0 Å². The highest BCUT2D eigenvalue weighted by Gasteiger charge is 2.45. The van der Waals surface area contributed by atoms with Crippen molar-refractivity contribution in [1.82, 2.24) is 0 Å². The minimum absolute atomic E-state index is 0.0857. The molecule has 0 N–H and O–H groups in total. The van der Waals surface area contributed by atoms with Crippen molar-refractivity contribution in [3.63, 3.8) is 0 Å². The van der Waals surface area contributed by atoms with Gasteiger partial charge >= 0.3 is 0 Å². The van der Waals surface area contributed by atoms with Gasteiger partial charge in [0.05, 0.1) is 0 Å². The Hall–Kier alpha value is -2.22. The van der Waals surface area contributed by atoms with Crippen LogP contribution in [0.5, 0.6) is 0 Å². The number of carbonyl (C=O) groups excluding carboxylic acids is 2. The number of fused-ring (bicyclic) bond motifs is 1. The summed E-state index contributed by atoms with van der Waals surface area (Å²) in [6, 6.07) is 19.4. The summed E-state index contributed by atoms with van der Waals surface area (Å²) in [5.74, 6) is 1.47. The first kappa shape index (κ1) is 17.2. The summed E-state index contributed by atoms with van der Waals surface area (Å²) in [4.78, 5) is 26.2. The summed E-state index contributed by atoms with van der Waals surface area (Å²) in [6.07, 6.45) is 6.24. The summed E-state index contributed by atoms with van der Waals surface area (Å²) in [6.45, 7) is 0. The topological polar surface area (TPSA) is 34.1 Å². The quantitative estimate of drug-likeness (QED) is 0.677. The van der Waals surface area contributed by atoms with Crippen LogP contribution in [0.25, 0.3) is 0 Å². The zero-order valence-electron chi connectivity index (χ0n) is 15.1. The van der Waals surface area contributed by atoms with Gasteiger partial charge in [0.15, 0.2) is 11.6 Å². The molecule has 4 atom stereocenters. The molecule has 2 aromatic rings. The smallest absolute Gasteiger partial charge is 0.166 e. The molecule has 4 rings (SSSR count). The number of carbonyl (C=O) groups is 2. The van der Waals surface area contributed by atoms with E-state index >= 15 is 0 Å². The van der Waals surface area contributed by atoms with E-state index in [-0.39, 0.29) is 23.4 Å². The van der Waals surface area contributed by atoms with Crippen LogP contribution >= 0.6 is 0 Å². The van der Waals surface area contributed by atoms with Gasteiger partial charge in [-0.1, -0.05) is 73.5 Å². The lowest BCUT2D eigenvalue weighted by atomic mass is 9.59. The molecule has 2 fully saturated rings. The van der Waals surface area contributed by atoms with Crippen molar-refractivity contribution >= 4 is 11.6 Å². The molecule has 0 amide bonds. The van der Waals surface area contributed by atoms with E-state index in [0.717, 1.165) is 49.7 Å². The predicted molar refractivity (Wildman–Crippen MR) is 103 cm³/mol. The maximum atomic E-state index is 13.1. The predicted octanol–water partition coefficient (Wildman–Crippen LogP) is 5.58. The van der Waals surface area contributed by atoms with Crippen LogP contribution in [0.15, 0.2) is 60.7 Å². The van der Waals surface area contributed by atoms with Crippen LogP contribution in [-0.2, 0) is 0 Å². The van der Waals surface area contributed by atoms with E-state index in [1.54, 1.807) is 0 Å². The number of hydrogen-bond donors (Lipinski definition) is 0. The largest absolute Gasteiger partial charge is 0.294 e. The Morgan fingerprint density at radius 3 is 1.35 bits per heavy atom. The maximum absolute atomic E-state index is 13.1. The van der Waals surface area contributed by atoms with Gasteiger partial charge in [0.25, 0.3) is 0 Å². The molecule has 26 heavy (non-hydrogen) atoms. The molecular weight excluding hydrogens is 320 g/mol. The Balaban J connectivity index is 1.57. The second-order valence-corrected chi connectivity index (χ2v) is 7.86. The molecule has 2 heteroatoms. The summed E-state index contributed by atoms with van der Waals surface area (Å²) in [5.41, 5.74) is 1.66. The van der Waals surface area contributed by atoms with Crippen molar-refractivity contribution in [3.05, 3.63) is 71.8 Å². The van der Waals surface area contributed by atoms with E-state index in [9.17, 15) is 9.59 Å². The van der Waals surface area contributed by atoms with Gasteiger partial charge < -0.3 is 0 Å². The molecular formula is C24H26O2.